The van der Waals surface area contributed by atoms with Gasteiger partial charge >= 0.3 is 0 Å². The first-order valence-electron chi connectivity index (χ1n) is 9.30. The lowest BCUT2D eigenvalue weighted by molar-refractivity contribution is -0.115. The highest BCUT2D eigenvalue weighted by Gasteiger charge is 2.14. The van der Waals surface area contributed by atoms with Gasteiger partial charge in [0.25, 0.3) is 5.91 Å². The molecule has 1 heterocycles. The van der Waals surface area contributed by atoms with Gasteiger partial charge in [0, 0.05) is 11.9 Å². The van der Waals surface area contributed by atoms with Crippen molar-refractivity contribution in [2.24, 2.45) is 0 Å². The number of benzene rings is 2. The van der Waals surface area contributed by atoms with Crippen molar-refractivity contribution in [1.82, 2.24) is 10.3 Å². The number of anilines is 1. The molecule has 3 aromatic rings. The minimum absolute atomic E-state index is 0.183. The van der Waals surface area contributed by atoms with Gasteiger partial charge in [0.2, 0.25) is 5.91 Å². The number of amides is 2. The summed E-state index contributed by atoms with van der Waals surface area (Å²) in [5, 5.41) is 8.68. The molecular formula is C22H23N3O2S. The van der Waals surface area contributed by atoms with Gasteiger partial charge in [-0.15, -0.1) is 11.3 Å². The molecule has 0 bridgehead atoms. The van der Waals surface area contributed by atoms with Crippen molar-refractivity contribution >= 4 is 28.8 Å². The number of rotatable bonds is 8. The Morgan fingerprint density at radius 1 is 1.04 bits per heavy atom. The van der Waals surface area contributed by atoms with E-state index in [1.54, 1.807) is 35.6 Å². The van der Waals surface area contributed by atoms with E-state index in [1.807, 2.05) is 42.6 Å². The lowest BCUT2D eigenvalue weighted by Crippen LogP contribution is -2.27. The zero-order chi connectivity index (χ0) is 19.8. The van der Waals surface area contributed by atoms with Crippen LogP contribution in [0.2, 0.25) is 0 Å². The average molecular weight is 394 g/mol. The average Bonchev–Trinajstić information content (AvgIpc) is 3.16. The van der Waals surface area contributed by atoms with E-state index in [1.165, 1.54) is 5.56 Å². The first-order valence-corrected chi connectivity index (χ1v) is 10.2. The third kappa shape index (κ3) is 5.50. The zero-order valence-corrected chi connectivity index (χ0v) is 16.6. The summed E-state index contributed by atoms with van der Waals surface area (Å²) in [5.74, 6) is -0.383. The molecule has 5 nitrogen and oxygen atoms in total. The summed E-state index contributed by atoms with van der Waals surface area (Å²) in [6.45, 7) is 2.57. The number of thiazole rings is 1. The van der Waals surface area contributed by atoms with Gasteiger partial charge in [-0.05, 0) is 30.5 Å². The number of para-hydroxylation sites is 1. The van der Waals surface area contributed by atoms with E-state index in [9.17, 15) is 9.59 Å². The largest absolute Gasteiger partial charge is 0.352 e. The van der Waals surface area contributed by atoms with E-state index in [-0.39, 0.29) is 18.2 Å². The minimum atomic E-state index is -0.200. The highest BCUT2D eigenvalue weighted by molar-refractivity contribution is 7.09. The Hall–Kier alpha value is -2.99. The van der Waals surface area contributed by atoms with Crippen LogP contribution in [0.25, 0.3) is 0 Å². The fraction of sp³-hybridized carbons (Fsp3) is 0.227. The standard InChI is InChI=1S/C22H23N3O2S/c1-2-21-24-17(15-28-21)14-20(26)25-19-11-7-6-10-18(19)22(27)23-13-12-16-8-4-3-5-9-16/h3-11,15H,2,12-14H2,1H3,(H,23,27)(H,25,26). The maximum absolute atomic E-state index is 12.6. The van der Waals surface area contributed by atoms with Crippen molar-refractivity contribution in [3.05, 3.63) is 81.8 Å². The number of aryl methyl sites for hydroxylation is 1. The molecule has 28 heavy (non-hydrogen) atoms. The van der Waals surface area contributed by atoms with Crippen molar-refractivity contribution in [2.75, 3.05) is 11.9 Å². The third-order valence-electron chi connectivity index (χ3n) is 4.23. The summed E-state index contributed by atoms with van der Waals surface area (Å²) in [7, 11) is 0. The molecule has 0 aliphatic carbocycles. The summed E-state index contributed by atoms with van der Waals surface area (Å²) in [6, 6.07) is 17.0. The maximum Gasteiger partial charge on any atom is 0.253 e. The van der Waals surface area contributed by atoms with Gasteiger partial charge in [0.05, 0.1) is 28.4 Å². The molecule has 0 atom stereocenters. The van der Waals surface area contributed by atoms with Crippen molar-refractivity contribution in [3.8, 4) is 0 Å². The quantitative estimate of drug-likeness (QED) is 0.610. The first kappa shape index (κ1) is 19.8. The summed E-state index contributed by atoms with van der Waals surface area (Å²) >= 11 is 1.56. The monoisotopic (exact) mass is 393 g/mol. The molecule has 0 aliphatic heterocycles. The Balaban J connectivity index is 1.58. The summed E-state index contributed by atoms with van der Waals surface area (Å²) in [5.41, 5.74) is 2.88. The molecule has 0 aliphatic rings. The molecule has 0 saturated carbocycles. The summed E-state index contributed by atoms with van der Waals surface area (Å²) in [6.07, 6.45) is 1.81. The van der Waals surface area contributed by atoms with Gasteiger partial charge in [-0.25, -0.2) is 4.98 Å². The van der Waals surface area contributed by atoms with Crippen LogP contribution in [0.15, 0.2) is 60.0 Å². The second kappa shape index (κ2) is 9.80. The fourth-order valence-corrected chi connectivity index (χ4v) is 3.55. The molecule has 0 spiro atoms. The Kier molecular flexibility index (Phi) is 6.92. The van der Waals surface area contributed by atoms with Gasteiger partial charge in [-0.2, -0.15) is 0 Å². The highest BCUT2D eigenvalue weighted by atomic mass is 32.1. The molecule has 0 radical (unpaired) electrons. The second-order valence-corrected chi connectivity index (χ2v) is 7.29. The predicted molar refractivity (Wildman–Crippen MR) is 113 cm³/mol. The second-order valence-electron chi connectivity index (χ2n) is 6.35. The molecule has 144 valence electrons. The van der Waals surface area contributed by atoms with E-state index < -0.39 is 0 Å². The Labute approximate surface area is 168 Å². The number of carbonyl (C=O) groups excluding carboxylic acids is 2. The third-order valence-corrected chi connectivity index (χ3v) is 5.27. The molecule has 1 aromatic heterocycles. The normalized spacial score (nSPS) is 10.5. The number of carbonyl (C=O) groups is 2. The topological polar surface area (TPSA) is 71.1 Å². The van der Waals surface area contributed by atoms with Crippen LogP contribution in [-0.4, -0.2) is 23.3 Å². The summed E-state index contributed by atoms with van der Waals surface area (Å²) in [4.78, 5) is 29.4. The molecular weight excluding hydrogens is 370 g/mol. The zero-order valence-electron chi connectivity index (χ0n) is 15.8. The molecule has 2 N–H and O–H groups in total. The van der Waals surface area contributed by atoms with Gasteiger partial charge in [0.15, 0.2) is 0 Å². The van der Waals surface area contributed by atoms with Crippen molar-refractivity contribution in [3.63, 3.8) is 0 Å². The Bertz CT molecular complexity index is 938. The highest BCUT2D eigenvalue weighted by Crippen LogP contribution is 2.16. The van der Waals surface area contributed by atoms with Crippen molar-refractivity contribution < 1.29 is 9.59 Å². The van der Waals surface area contributed by atoms with E-state index >= 15 is 0 Å². The first-order chi connectivity index (χ1) is 13.7. The molecule has 0 saturated heterocycles. The number of nitrogens with one attached hydrogen (secondary N) is 2. The van der Waals surface area contributed by atoms with Crippen LogP contribution in [0.5, 0.6) is 0 Å². The van der Waals surface area contributed by atoms with Crippen LogP contribution >= 0.6 is 11.3 Å². The van der Waals surface area contributed by atoms with E-state index in [2.05, 4.69) is 15.6 Å². The SMILES string of the molecule is CCc1nc(CC(=O)Nc2ccccc2C(=O)NCCc2ccccc2)cs1. The van der Waals surface area contributed by atoms with Gasteiger partial charge < -0.3 is 10.6 Å². The molecule has 0 unspecified atom stereocenters. The number of aromatic nitrogens is 1. The molecule has 2 amide bonds. The fourth-order valence-electron chi connectivity index (χ4n) is 2.80. The van der Waals surface area contributed by atoms with Crippen LogP contribution in [0.1, 0.15) is 33.5 Å². The van der Waals surface area contributed by atoms with Crippen LogP contribution in [0.4, 0.5) is 5.69 Å². The smallest absolute Gasteiger partial charge is 0.253 e. The Morgan fingerprint density at radius 3 is 2.54 bits per heavy atom. The predicted octanol–water partition coefficient (Wildman–Crippen LogP) is 3.86. The Morgan fingerprint density at radius 2 is 1.79 bits per heavy atom. The van der Waals surface area contributed by atoms with Crippen LogP contribution < -0.4 is 10.6 Å². The summed E-state index contributed by atoms with van der Waals surface area (Å²) < 4.78 is 0. The molecule has 6 heteroatoms. The van der Waals surface area contributed by atoms with E-state index in [0.717, 1.165) is 23.5 Å². The van der Waals surface area contributed by atoms with Crippen molar-refractivity contribution in [1.29, 1.82) is 0 Å². The number of hydrogen-bond donors (Lipinski definition) is 2. The van der Waals surface area contributed by atoms with Gasteiger partial charge in [0.1, 0.15) is 0 Å². The lowest BCUT2D eigenvalue weighted by Gasteiger charge is -2.11. The van der Waals surface area contributed by atoms with E-state index in [0.29, 0.717) is 17.8 Å². The van der Waals surface area contributed by atoms with Gasteiger partial charge in [-0.3, -0.25) is 9.59 Å². The molecule has 0 fully saturated rings. The molecule has 2 aromatic carbocycles. The minimum Gasteiger partial charge on any atom is -0.352 e. The van der Waals surface area contributed by atoms with Gasteiger partial charge in [-0.1, -0.05) is 49.4 Å². The lowest BCUT2D eigenvalue weighted by atomic mass is 10.1. The number of hydrogen-bond acceptors (Lipinski definition) is 4. The van der Waals surface area contributed by atoms with E-state index in [4.69, 9.17) is 0 Å². The van der Waals surface area contributed by atoms with Crippen LogP contribution in [-0.2, 0) is 24.1 Å². The van der Waals surface area contributed by atoms with Crippen molar-refractivity contribution in [2.45, 2.75) is 26.2 Å². The van der Waals surface area contributed by atoms with Crippen LogP contribution in [0, 0.1) is 0 Å². The molecule has 3 rings (SSSR count). The number of nitrogens with zero attached hydrogens (tertiary/aromatic N) is 1. The van der Waals surface area contributed by atoms with Crippen LogP contribution in [0.3, 0.4) is 0 Å². The maximum atomic E-state index is 12.6.